The molecule has 4 nitrogen and oxygen atoms in total. The van der Waals surface area contributed by atoms with Crippen molar-refractivity contribution in [2.75, 3.05) is 26.2 Å². The zero-order valence-corrected chi connectivity index (χ0v) is 17.2. The number of para-hydroxylation sites is 1. The van der Waals surface area contributed by atoms with Gasteiger partial charge in [-0.1, -0.05) is 36.4 Å². The molecule has 0 aliphatic carbocycles. The minimum absolute atomic E-state index is 0.0865. The van der Waals surface area contributed by atoms with E-state index in [4.69, 9.17) is 0 Å². The summed E-state index contributed by atoms with van der Waals surface area (Å²) in [5, 5.41) is 3.86. The Kier molecular flexibility index (Phi) is 6.32. The summed E-state index contributed by atoms with van der Waals surface area (Å²) in [5.41, 5.74) is 1.49. The number of rotatable bonds is 7. The van der Waals surface area contributed by atoms with Crippen LogP contribution in [0.2, 0.25) is 0 Å². The molecule has 1 aromatic heterocycles. The minimum Gasteiger partial charge on any atom is -0.361 e. The lowest BCUT2D eigenvalue weighted by atomic mass is 9.87. The van der Waals surface area contributed by atoms with Gasteiger partial charge in [0.15, 0.2) is 0 Å². The van der Waals surface area contributed by atoms with Crippen LogP contribution in [0.5, 0.6) is 0 Å². The van der Waals surface area contributed by atoms with Crippen LogP contribution in [0.1, 0.15) is 41.9 Å². The van der Waals surface area contributed by atoms with Crippen LogP contribution in [0, 0.1) is 0 Å². The maximum Gasteiger partial charge on any atom is 0.416 e. The second-order valence-corrected chi connectivity index (χ2v) is 8.07. The molecule has 4 rings (SSSR count). The largest absolute Gasteiger partial charge is 0.416 e. The molecule has 1 saturated heterocycles. The molecule has 0 bridgehead atoms. The van der Waals surface area contributed by atoms with E-state index in [1.165, 1.54) is 18.9 Å². The highest BCUT2D eigenvalue weighted by Crippen LogP contribution is 2.36. The van der Waals surface area contributed by atoms with Crippen molar-refractivity contribution in [2.24, 2.45) is 0 Å². The lowest BCUT2D eigenvalue weighted by Gasteiger charge is -2.20. The summed E-state index contributed by atoms with van der Waals surface area (Å²) in [7, 11) is 0. The Balaban J connectivity index is 1.58. The first-order chi connectivity index (χ1) is 14.9. The van der Waals surface area contributed by atoms with Crippen LogP contribution in [0.25, 0.3) is 10.9 Å². The summed E-state index contributed by atoms with van der Waals surface area (Å²) in [6.45, 7) is 3.45. The first kappa shape index (κ1) is 21.4. The van der Waals surface area contributed by atoms with Gasteiger partial charge in [0, 0.05) is 42.5 Å². The Labute approximate surface area is 179 Å². The smallest absolute Gasteiger partial charge is 0.361 e. The topological polar surface area (TPSA) is 48.1 Å². The van der Waals surface area contributed by atoms with Gasteiger partial charge in [-0.2, -0.15) is 13.2 Å². The van der Waals surface area contributed by atoms with Gasteiger partial charge in [0.2, 0.25) is 5.91 Å². The molecule has 1 atom stereocenters. The van der Waals surface area contributed by atoms with E-state index < -0.39 is 17.7 Å². The van der Waals surface area contributed by atoms with E-state index in [9.17, 15) is 18.0 Å². The number of aromatic amines is 1. The van der Waals surface area contributed by atoms with Gasteiger partial charge in [0.1, 0.15) is 0 Å². The van der Waals surface area contributed by atoms with E-state index in [2.05, 4.69) is 15.2 Å². The molecule has 0 saturated carbocycles. The van der Waals surface area contributed by atoms with Crippen molar-refractivity contribution in [3.63, 3.8) is 0 Å². The van der Waals surface area contributed by atoms with Crippen LogP contribution in [0.15, 0.2) is 54.7 Å². The number of fused-ring (bicyclic) bond motifs is 1. The fourth-order valence-electron chi connectivity index (χ4n) is 4.34. The van der Waals surface area contributed by atoms with Crippen molar-refractivity contribution in [2.45, 2.75) is 31.4 Å². The second-order valence-electron chi connectivity index (χ2n) is 8.07. The van der Waals surface area contributed by atoms with Gasteiger partial charge < -0.3 is 15.2 Å². The molecular formula is C24H26F3N3O. The Hall–Kier alpha value is -2.80. The molecule has 1 fully saturated rings. The van der Waals surface area contributed by atoms with E-state index in [-0.39, 0.29) is 12.3 Å². The Morgan fingerprint density at radius 1 is 1.10 bits per heavy atom. The lowest BCUT2D eigenvalue weighted by Crippen LogP contribution is -2.34. The van der Waals surface area contributed by atoms with Crippen molar-refractivity contribution in [1.29, 1.82) is 0 Å². The number of carbonyl (C=O) groups excluding carboxylic acids is 1. The molecule has 3 aromatic rings. The van der Waals surface area contributed by atoms with Gasteiger partial charge >= 0.3 is 6.18 Å². The van der Waals surface area contributed by atoms with Crippen LogP contribution >= 0.6 is 0 Å². The van der Waals surface area contributed by atoms with E-state index >= 15 is 0 Å². The number of hydrogen-bond acceptors (Lipinski definition) is 2. The van der Waals surface area contributed by atoms with E-state index in [0.29, 0.717) is 12.1 Å². The third kappa shape index (κ3) is 5.10. The van der Waals surface area contributed by atoms with Crippen molar-refractivity contribution in [3.8, 4) is 0 Å². The number of nitrogens with one attached hydrogen (secondary N) is 2. The van der Waals surface area contributed by atoms with Crippen molar-refractivity contribution >= 4 is 16.8 Å². The molecule has 164 valence electrons. The van der Waals surface area contributed by atoms with Crippen molar-refractivity contribution in [1.82, 2.24) is 15.2 Å². The number of benzene rings is 2. The van der Waals surface area contributed by atoms with Gasteiger partial charge in [-0.25, -0.2) is 0 Å². The van der Waals surface area contributed by atoms with Crippen LogP contribution in [-0.4, -0.2) is 42.0 Å². The predicted molar refractivity (Wildman–Crippen MR) is 115 cm³/mol. The fraction of sp³-hybridized carbons (Fsp3) is 0.375. The van der Waals surface area contributed by atoms with E-state index in [1.807, 2.05) is 24.3 Å². The first-order valence-corrected chi connectivity index (χ1v) is 10.6. The normalized spacial score (nSPS) is 16.0. The number of alkyl halides is 3. The number of hydrogen-bond donors (Lipinski definition) is 2. The average Bonchev–Trinajstić information content (AvgIpc) is 3.41. The highest BCUT2D eigenvalue weighted by molar-refractivity contribution is 5.86. The zero-order chi connectivity index (χ0) is 21.8. The molecule has 31 heavy (non-hydrogen) atoms. The number of nitrogens with zero attached hydrogens (tertiary/aromatic N) is 1. The van der Waals surface area contributed by atoms with Gasteiger partial charge in [-0.15, -0.1) is 0 Å². The molecule has 2 aromatic carbocycles. The van der Waals surface area contributed by atoms with Gasteiger partial charge in [0.25, 0.3) is 0 Å². The summed E-state index contributed by atoms with van der Waals surface area (Å²) in [6.07, 6.45) is -0.173. The molecule has 1 amide bonds. The molecule has 0 spiro atoms. The maximum absolute atomic E-state index is 13.3. The highest BCUT2D eigenvalue weighted by Gasteiger charge is 2.31. The summed E-state index contributed by atoms with van der Waals surface area (Å²) < 4.78 is 39.9. The number of likely N-dealkylation sites (tertiary alicyclic amines) is 1. The maximum atomic E-state index is 13.3. The van der Waals surface area contributed by atoms with E-state index in [1.54, 1.807) is 12.3 Å². The lowest BCUT2D eigenvalue weighted by molar-refractivity contribution is -0.137. The SMILES string of the molecule is O=C(C[C@H](c1cccc(C(F)(F)F)c1)c1c[nH]c2ccccc12)NCCN1CCCC1. The van der Waals surface area contributed by atoms with Crippen molar-refractivity contribution < 1.29 is 18.0 Å². The van der Waals surface area contributed by atoms with Crippen LogP contribution < -0.4 is 5.32 Å². The summed E-state index contributed by atoms with van der Waals surface area (Å²) >= 11 is 0. The molecule has 1 aliphatic rings. The predicted octanol–water partition coefficient (Wildman–Crippen LogP) is 4.92. The first-order valence-electron chi connectivity index (χ1n) is 10.6. The third-order valence-electron chi connectivity index (χ3n) is 5.95. The minimum atomic E-state index is -4.43. The monoisotopic (exact) mass is 429 g/mol. The van der Waals surface area contributed by atoms with Crippen LogP contribution in [0.3, 0.4) is 0 Å². The Morgan fingerprint density at radius 3 is 2.65 bits per heavy atom. The zero-order valence-electron chi connectivity index (χ0n) is 17.2. The molecule has 0 radical (unpaired) electrons. The summed E-state index contributed by atoms with van der Waals surface area (Å²) in [4.78, 5) is 18.2. The molecule has 7 heteroatoms. The number of H-pyrrole nitrogens is 1. The standard InChI is InChI=1S/C24H26F3N3O/c25-24(26,27)18-7-5-6-17(14-18)20(21-16-29-22-9-2-1-8-19(21)22)15-23(31)28-10-13-30-11-3-4-12-30/h1-2,5-9,14,16,20,29H,3-4,10-13,15H2,(H,28,31)/t20-/m1/s1. The van der Waals surface area contributed by atoms with Gasteiger partial charge in [0.05, 0.1) is 5.56 Å². The van der Waals surface area contributed by atoms with E-state index in [0.717, 1.165) is 48.2 Å². The molecule has 2 heterocycles. The summed E-state index contributed by atoms with van der Waals surface area (Å²) in [5.74, 6) is -0.642. The number of halogens is 3. The quantitative estimate of drug-likeness (QED) is 0.560. The van der Waals surface area contributed by atoms with Gasteiger partial charge in [-0.05, 0) is 49.2 Å². The molecule has 0 unspecified atom stereocenters. The number of amides is 1. The molecule has 2 N–H and O–H groups in total. The average molecular weight is 429 g/mol. The molecular weight excluding hydrogens is 403 g/mol. The highest BCUT2D eigenvalue weighted by atomic mass is 19.4. The van der Waals surface area contributed by atoms with Gasteiger partial charge in [-0.3, -0.25) is 4.79 Å². The van der Waals surface area contributed by atoms with Crippen molar-refractivity contribution in [3.05, 3.63) is 71.4 Å². The summed E-state index contributed by atoms with van der Waals surface area (Å²) in [6, 6.07) is 12.9. The Morgan fingerprint density at radius 2 is 1.87 bits per heavy atom. The number of aromatic nitrogens is 1. The third-order valence-corrected chi connectivity index (χ3v) is 5.95. The van der Waals surface area contributed by atoms with Crippen LogP contribution in [-0.2, 0) is 11.0 Å². The second kappa shape index (κ2) is 9.14. The molecule has 1 aliphatic heterocycles. The Bertz CT molecular complexity index is 1040. The fourth-order valence-corrected chi connectivity index (χ4v) is 4.34. The van der Waals surface area contributed by atoms with Crippen LogP contribution in [0.4, 0.5) is 13.2 Å². The number of carbonyl (C=O) groups is 1.